The summed E-state index contributed by atoms with van der Waals surface area (Å²) >= 11 is 0. The van der Waals surface area contributed by atoms with Gasteiger partial charge in [0.25, 0.3) is 0 Å². The molecule has 1 aromatic rings. The Morgan fingerprint density at radius 2 is 2.20 bits per heavy atom. The Labute approximate surface area is 132 Å². The smallest absolute Gasteiger partial charge is 0.236 e. The minimum atomic E-state index is 0. The summed E-state index contributed by atoms with van der Waals surface area (Å²) in [4.78, 5) is 13.7. The van der Waals surface area contributed by atoms with E-state index in [0.29, 0.717) is 32.8 Å². The molecule has 0 unspecified atom stereocenters. The Balaban J connectivity index is 0. The third kappa shape index (κ3) is 7.69. The first-order valence-electron chi connectivity index (χ1n) is 6.12. The zero-order valence-corrected chi connectivity index (χ0v) is 13.8. The molecule has 0 saturated carbocycles. The van der Waals surface area contributed by atoms with E-state index < -0.39 is 0 Å². The van der Waals surface area contributed by atoms with E-state index in [9.17, 15) is 4.79 Å². The molecule has 1 aromatic heterocycles. The maximum atomic E-state index is 11.9. The fraction of sp³-hybridized carbons (Fsp3) is 0.667. The zero-order chi connectivity index (χ0) is 13.4. The van der Waals surface area contributed by atoms with Gasteiger partial charge in [0.2, 0.25) is 5.91 Å². The third-order valence-corrected chi connectivity index (χ3v) is 2.63. The highest BCUT2D eigenvalue weighted by atomic mass is 35.5. The molecule has 1 heterocycles. The molecule has 6 nitrogen and oxygen atoms in total. The number of likely N-dealkylation sites (N-methyl/N-ethyl adjacent to an activating group) is 1. The van der Waals surface area contributed by atoms with E-state index >= 15 is 0 Å². The molecule has 0 fully saturated rings. The molecule has 0 aromatic carbocycles. The third-order valence-electron chi connectivity index (χ3n) is 2.63. The van der Waals surface area contributed by atoms with Crippen molar-refractivity contribution in [2.24, 2.45) is 7.05 Å². The molecule has 0 aliphatic carbocycles. The number of carbonyl (C=O) groups excluding carboxylic acids is 1. The van der Waals surface area contributed by atoms with Gasteiger partial charge in [0.1, 0.15) is 0 Å². The van der Waals surface area contributed by atoms with E-state index in [1.54, 1.807) is 22.9 Å². The Morgan fingerprint density at radius 1 is 1.50 bits per heavy atom. The number of rotatable bonds is 8. The zero-order valence-electron chi connectivity index (χ0n) is 12.2. The molecule has 8 heteroatoms. The van der Waals surface area contributed by atoms with E-state index in [0.717, 1.165) is 5.56 Å². The van der Waals surface area contributed by atoms with Gasteiger partial charge in [0.15, 0.2) is 0 Å². The second-order valence-electron chi connectivity index (χ2n) is 4.10. The lowest BCUT2D eigenvalue weighted by Gasteiger charge is -2.20. The monoisotopic (exact) mass is 326 g/mol. The van der Waals surface area contributed by atoms with Gasteiger partial charge in [-0.25, -0.2) is 0 Å². The summed E-state index contributed by atoms with van der Waals surface area (Å²) in [7, 11) is 3.51. The predicted molar refractivity (Wildman–Crippen MR) is 83.5 cm³/mol. The summed E-state index contributed by atoms with van der Waals surface area (Å²) in [6.45, 7) is 4.92. The van der Waals surface area contributed by atoms with Gasteiger partial charge in [-0.1, -0.05) is 0 Å². The number of aromatic nitrogens is 2. The molecule has 0 radical (unpaired) electrons. The molecule has 1 amide bonds. The molecule has 118 valence electrons. The number of nitrogens with one attached hydrogen (secondary N) is 1. The van der Waals surface area contributed by atoms with E-state index in [-0.39, 0.29) is 30.7 Å². The van der Waals surface area contributed by atoms with Crippen molar-refractivity contribution in [3.05, 3.63) is 18.0 Å². The number of hydrogen-bond donors (Lipinski definition) is 1. The summed E-state index contributed by atoms with van der Waals surface area (Å²) < 4.78 is 6.65. The van der Waals surface area contributed by atoms with Crippen molar-refractivity contribution in [2.75, 3.05) is 33.4 Å². The molecule has 0 spiro atoms. The van der Waals surface area contributed by atoms with Crippen LogP contribution in [0.4, 0.5) is 0 Å². The largest absolute Gasteiger partial charge is 0.383 e. The number of halogens is 2. The average molecular weight is 327 g/mol. The average Bonchev–Trinajstić information content (AvgIpc) is 2.77. The van der Waals surface area contributed by atoms with Gasteiger partial charge in [-0.15, -0.1) is 24.8 Å². The topological polar surface area (TPSA) is 59.4 Å². The molecule has 0 aliphatic rings. The number of methoxy groups -OCH3 is 1. The maximum absolute atomic E-state index is 11.9. The summed E-state index contributed by atoms with van der Waals surface area (Å²) in [6, 6.07) is 0. The summed E-state index contributed by atoms with van der Waals surface area (Å²) in [5.74, 6) is 0.0949. The fourth-order valence-corrected chi connectivity index (χ4v) is 1.63. The van der Waals surface area contributed by atoms with Crippen LogP contribution in [0.15, 0.2) is 12.4 Å². The van der Waals surface area contributed by atoms with Crippen LogP contribution in [0.5, 0.6) is 0 Å². The summed E-state index contributed by atoms with van der Waals surface area (Å²) in [5.41, 5.74) is 1.05. The lowest BCUT2D eigenvalue weighted by molar-refractivity contribution is -0.130. The number of nitrogens with zero attached hydrogens (tertiary/aromatic N) is 3. The van der Waals surface area contributed by atoms with Crippen LogP contribution in [-0.4, -0.2) is 53.9 Å². The number of ether oxygens (including phenoxy) is 1. The Morgan fingerprint density at radius 3 is 2.70 bits per heavy atom. The van der Waals surface area contributed by atoms with Crippen LogP contribution in [0.1, 0.15) is 12.5 Å². The predicted octanol–water partition coefficient (Wildman–Crippen LogP) is 0.848. The molecule has 1 rings (SSSR count). The van der Waals surface area contributed by atoms with Gasteiger partial charge >= 0.3 is 0 Å². The molecular formula is C12H24Cl2N4O2. The molecule has 0 aliphatic heterocycles. The number of hydrogen-bond acceptors (Lipinski definition) is 4. The number of carbonyl (C=O) groups is 1. The van der Waals surface area contributed by atoms with Crippen LogP contribution in [-0.2, 0) is 23.1 Å². The van der Waals surface area contributed by atoms with E-state index in [1.807, 2.05) is 20.2 Å². The number of amides is 1. The van der Waals surface area contributed by atoms with Gasteiger partial charge in [-0.05, 0) is 6.92 Å². The minimum absolute atomic E-state index is 0. The fourth-order valence-electron chi connectivity index (χ4n) is 1.63. The molecule has 0 saturated heterocycles. The second-order valence-corrected chi connectivity index (χ2v) is 4.10. The molecule has 1 N–H and O–H groups in total. The van der Waals surface area contributed by atoms with Crippen molar-refractivity contribution in [2.45, 2.75) is 13.5 Å². The SMILES string of the molecule is CCN(Cc1cnn(C)c1)C(=O)CNCCOC.Cl.Cl. The minimum Gasteiger partial charge on any atom is -0.383 e. The van der Waals surface area contributed by atoms with Crippen molar-refractivity contribution >= 4 is 30.7 Å². The van der Waals surface area contributed by atoms with Gasteiger partial charge < -0.3 is 15.0 Å². The van der Waals surface area contributed by atoms with Gasteiger partial charge in [0.05, 0.1) is 19.3 Å². The highest BCUT2D eigenvalue weighted by molar-refractivity contribution is 5.85. The van der Waals surface area contributed by atoms with E-state index in [2.05, 4.69) is 10.4 Å². The normalized spacial score (nSPS) is 9.55. The highest BCUT2D eigenvalue weighted by Crippen LogP contribution is 2.02. The van der Waals surface area contributed by atoms with E-state index in [1.165, 1.54) is 0 Å². The summed E-state index contributed by atoms with van der Waals surface area (Å²) in [5, 5.41) is 7.15. The van der Waals surface area contributed by atoms with Gasteiger partial charge in [-0.3, -0.25) is 9.48 Å². The Kier molecular flexibility index (Phi) is 12.8. The Bertz CT molecular complexity index is 374. The first-order valence-corrected chi connectivity index (χ1v) is 6.12. The van der Waals surface area contributed by atoms with Crippen molar-refractivity contribution in [1.29, 1.82) is 0 Å². The standard InChI is InChI=1S/C12H22N4O2.2ClH/c1-4-16(10-11-7-14-15(2)9-11)12(17)8-13-5-6-18-3;;/h7,9,13H,4-6,8,10H2,1-3H3;2*1H. The van der Waals surface area contributed by atoms with Crippen LogP contribution in [0.3, 0.4) is 0 Å². The summed E-state index contributed by atoms with van der Waals surface area (Å²) in [6.07, 6.45) is 3.71. The van der Waals surface area contributed by atoms with Crippen LogP contribution in [0.25, 0.3) is 0 Å². The quantitative estimate of drug-likeness (QED) is 0.719. The molecule has 0 atom stereocenters. The van der Waals surface area contributed by atoms with Crippen molar-refractivity contribution < 1.29 is 9.53 Å². The van der Waals surface area contributed by atoms with Crippen molar-refractivity contribution in [3.8, 4) is 0 Å². The van der Waals surface area contributed by atoms with Crippen LogP contribution >= 0.6 is 24.8 Å². The lowest BCUT2D eigenvalue weighted by Crippen LogP contribution is -2.38. The van der Waals surface area contributed by atoms with Crippen molar-refractivity contribution in [3.63, 3.8) is 0 Å². The van der Waals surface area contributed by atoms with Crippen molar-refractivity contribution in [1.82, 2.24) is 20.0 Å². The van der Waals surface area contributed by atoms with Crippen LogP contribution < -0.4 is 5.32 Å². The molecular weight excluding hydrogens is 303 g/mol. The van der Waals surface area contributed by atoms with Crippen LogP contribution in [0, 0.1) is 0 Å². The first kappa shape index (κ1) is 21.5. The Hall–Kier alpha value is -0.820. The van der Waals surface area contributed by atoms with E-state index in [4.69, 9.17) is 4.74 Å². The maximum Gasteiger partial charge on any atom is 0.236 e. The molecule has 20 heavy (non-hydrogen) atoms. The first-order chi connectivity index (χ1) is 8.67. The molecule has 0 bridgehead atoms. The van der Waals surface area contributed by atoms with Gasteiger partial charge in [-0.2, -0.15) is 5.10 Å². The van der Waals surface area contributed by atoms with Gasteiger partial charge in [0, 0.05) is 45.6 Å². The highest BCUT2D eigenvalue weighted by Gasteiger charge is 2.12. The second kappa shape index (κ2) is 12.0. The lowest BCUT2D eigenvalue weighted by atomic mass is 10.3. The van der Waals surface area contributed by atoms with Crippen LogP contribution in [0.2, 0.25) is 0 Å². The number of aryl methyl sites for hydroxylation is 1.